The lowest BCUT2D eigenvalue weighted by atomic mass is 9.64. The van der Waals surface area contributed by atoms with Gasteiger partial charge in [0.15, 0.2) is 0 Å². The van der Waals surface area contributed by atoms with Gasteiger partial charge < -0.3 is 5.11 Å². The van der Waals surface area contributed by atoms with Crippen LogP contribution in [0.2, 0.25) is 0 Å². The van der Waals surface area contributed by atoms with Crippen molar-refractivity contribution in [1.82, 2.24) is 0 Å². The molecule has 1 aromatic carbocycles. The second kappa shape index (κ2) is 2.83. The monoisotopic (exact) mass is 190 g/mol. The van der Waals surface area contributed by atoms with Crippen LogP contribution < -0.4 is 0 Å². The second-order valence-electron chi connectivity index (χ2n) is 5.28. The van der Waals surface area contributed by atoms with Crippen molar-refractivity contribution < 1.29 is 5.11 Å². The van der Waals surface area contributed by atoms with Gasteiger partial charge in [0.25, 0.3) is 0 Å². The number of hydrogen-bond donors (Lipinski definition) is 1. The van der Waals surface area contributed by atoms with E-state index in [0.29, 0.717) is 0 Å². The summed E-state index contributed by atoms with van der Waals surface area (Å²) in [6.45, 7) is 6.23. The average molecular weight is 190 g/mol. The van der Waals surface area contributed by atoms with E-state index < -0.39 is 5.60 Å². The number of rotatable bonds is 0. The quantitative estimate of drug-likeness (QED) is 0.666. The third-order valence-corrected chi connectivity index (χ3v) is 3.74. The zero-order chi connectivity index (χ0) is 10.4. The zero-order valence-electron chi connectivity index (χ0n) is 9.17. The van der Waals surface area contributed by atoms with E-state index in [1.165, 1.54) is 11.1 Å². The zero-order valence-corrected chi connectivity index (χ0v) is 9.17. The van der Waals surface area contributed by atoms with Crippen LogP contribution in [0.4, 0.5) is 0 Å². The highest BCUT2D eigenvalue weighted by Gasteiger charge is 2.43. The van der Waals surface area contributed by atoms with Gasteiger partial charge in [0, 0.05) is 6.42 Å². The van der Waals surface area contributed by atoms with Crippen molar-refractivity contribution >= 4 is 0 Å². The van der Waals surface area contributed by atoms with Crippen molar-refractivity contribution in [2.45, 2.75) is 39.2 Å². The van der Waals surface area contributed by atoms with Gasteiger partial charge in [-0.1, -0.05) is 38.1 Å². The Morgan fingerprint density at radius 2 is 1.50 bits per heavy atom. The van der Waals surface area contributed by atoms with Crippen molar-refractivity contribution in [3.8, 4) is 0 Å². The highest BCUT2D eigenvalue weighted by atomic mass is 16.3. The van der Waals surface area contributed by atoms with Crippen molar-refractivity contribution in [2.24, 2.45) is 5.41 Å². The van der Waals surface area contributed by atoms with E-state index in [1.807, 2.05) is 13.0 Å². The molecule has 76 valence electrons. The molecule has 2 rings (SSSR count). The van der Waals surface area contributed by atoms with Crippen LogP contribution in [0.25, 0.3) is 0 Å². The number of hydrogen-bond acceptors (Lipinski definition) is 1. The molecule has 1 aliphatic carbocycles. The molecule has 0 saturated carbocycles. The third-order valence-electron chi connectivity index (χ3n) is 3.74. The van der Waals surface area contributed by atoms with Crippen molar-refractivity contribution in [2.75, 3.05) is 0 Å². The number of aliphatic hydroxyl groups is 1. The van der Waals surface area contributed by atoms with E-state index in [9.17, 15) is 5.11 Å². The minimum atomic E-state index is -0.582. The molecule has 0 radical (unpaired) electrons. The van der Waals surface area contributed by atoms with E-state index in [-0.39, 0.29) is 5.41 Å². The minimum Gasteiger partial charge on any atom is -0.389 e. The Balaban J connectivity index is 2.46. The normalized spacial score (nSPS) is 29.7. The van der Waals surface area contributed by atoms with Crippen molar-refractivity contribution in [3.63, 3.8) is 0 Å². The predicted molar refractivity (Wildman–Crippen MR) is 58.3 cm³/mol. The Kier molecular flexibility index (Phi) is 1.97. The van der Waals surface area contributed by atoms with E-state index in [0.717, 1.165) is 12.8 Å². The van der Waals surface area contributed by atoms with Gasteiger partial charge in [0.1, 0.15) is 0 Å². The van der Waals surface area contributed by atoms with Crippen LogP contribution in [0, 0.1) is 5.41 Å². The molecular weight excluding hydrogens is 172 g/mol. The lowest BCUT2D eigenvalue weighted by Crippen LogP contribution is -2.48. The highest BCUT2D eigenvalue weighted by Crippen LogP contribution is 2.41. The third kappa shape index (κ3) is 1.36. The topological polar surface area (TPSA) is 20.2 Å². The summed E-state index contributed by atoms with van der Waals surface area (Å²) < 4.78 is 0. The lowest BCUT2D eigenvalue weighted by Gasteiger charge is -2.44. The lowest BCUT2D eigenvalue weighted by molar-refractivity contribution is -0.0575. The molecule has 14 heavy (non-hydrogen) atoms. The standard InChI is InChI=1S/C13H18O/c1-12(2)8-10-6-4-5-7-11(10)9-13(12,3)14/h4-7,14H,8-9H2,1-3H3. The Morgan fingerprint density at radius 1 is 1.00 bits per heavy atom. The fourth-order valence-electron chi connectivity index (χ4n) is 2.18. The molecule has 1 aromatic rings. The minimum absolute atomic E-state index is 0.0264. The summed E-state index contributed by atoms with van der Waals surface area (Å²) in [5.74, 6) is 0. The van der Waals surface area contributed by atoms with Crippen LogP contribution >= 0.6 is 0 Å². The molecule has 0 heterocycles. The fraction of sp³-hybridized carbons (Fsp3) is 0.538. The largest absolute Gasteiger partial charge is 0.389 e. The van der Waals surface area contributed by atoms with Gasteiger partial charge in [-0.25, -0.2) is 0 Å². The SMILES string of the molecule is CC1(C)Cc2ccccc2CC1(C)O. The Morgan fingerprint density at radius 3 is 2.07 bits per heavy atom. The van der Waals surface area contributed by atoms with Gasteiger partial charge in [-0.2, -0.15) is 0 Å². The van der Waals surface area contributed by atoms with Crippen LogP contribution in [0.15, 0.2) is 24.3 Å². The molecule has 0 fully saturated rings. The molecule has 1 atom stereocenters. The van der Waals surface area contributed by atoms with Crippen LogP contribution in [-0.4, -0.2) is 10.7 Å². The molecule has 0 saturated heterocycles. The summed E-state index contributed by atoms with van der Waals surface area (Å²) in [5, 5.41) is 10.3. The fourth-order valence-corrected chi connectivity index (χ4v) is 2.18. The van der Waals surface area contributed by atoms with Gasteiger partial charge in [0.05, 0.1) is 5.60 Å². The molecule has 1 heteroatoms. The molecule has 0 amide bonds. The van der Waals surface area contributed by atoms with Crippen LogP contribution in [0.5, 0.6) is 0 Å². The molecule has 1 aliphatic rings. The Hall–Kier alpha value is -0.820. The summed E-state index contributed by atoms with van der Waals surface area (Å²) in [6, 6.07) is 8.42. The van der Waals surface area contributed by atoms with Crippen LogP contribution in [0.1, 0.15) is 31.9 Å². The molecule has 1 N–H and O–H groups in total. The van der Waals surface area contributed by atoms with Gasteiger partial charge in [-0.05, 0) is 29.9 Å². The molecule has 0 aromatic heterocycles. The summed E-state index contributed by atoms with van der Waals surface area (Å²) in [5.41, 5.74) is 2.09. The summed E-state index contributed by atoms with van der Waals surface area (Å²) in [6.07, 6.45) is 1.74. The predicted octanol–water partition coefficient (Wildman–Crippen LogP) is 2.56. The van der Waals surface area contributed by atoms with Gasteiger partial charge in [-0.15, -0.1) is 0 Å². The molecule has 1 nitrogen and oxygen atoms in total. The average Bonchev–Trinajstić information content (AvgIpc) is 2.05. The first-order valence-corrected chi connectivity index (χ1v) is 5.22. The van der Waals surface area contributed by atoms with E-state index >= 15 is 0 Å². The summed E-state index contributed by atoms with van der Waals surface area (Å²) in [7, 11) is 0. The maximum absolute atomic E-state index is 10.3. The highest BCUT2D eigenvalue weighted by molar-refractivity contribution is 5.33. The Bertz CT molecular complexity index is 315. The van der Waals surface area contributed by atoms with E-state index in [2.05, 4.69) is 32.0 Å². The molecule has 0 spiro atoms. The molecular formula is C13H18O. The Labute approximate surface area is 85.8 Å². The first-order valence-electron chi connectivity index (χ1n) is 5.22. The summed E-state index contributed by atoms with van der Waals surface area (Å²) >= 11 is 0. The molecule has 1 unspecified atom stereocenters. The second-order valence-corrected chi connectivity index (χ2v) is 5.28. The van der Waals surface area contributed by atoms with Crippen LogP contribution in [-0.2, 0) is 12.8 Å². The van der Waals surface area contributed by atoms with Crippen molar-refractivity contribution in [3.05, 3.63) is 35.4 Å². The first kappa shape index (κ1) is 9.72. The smallest absolute Gasteiger partial charge is 0.0713 e. The maximum Gasteiger partial charge on any atom is 0.0713 e. The van der Waals surface area contributed by atoms with Crippen molar-refractivity contribution in [1.29, 1.82) is 0 Å². The number of fused-ring (bicyclic) bond motifs is 1. The molecule has 0 bridgehead atoms. The van der Waals surface area contributed by atoms with Crippen LogP contribution in [0.3, 0.4) is 0 Å². The first-order chi connectivity index (χ1) is 6.42. The molecule has 0 aliphatic heterocycles. The van der Waals surface area contributed by atoms with Gasteiger partial charge in [0.2, 0.25) is 0 Å². The summed E-state index contributed by atoms with van der Waals surface area (Å²) in [4.78, 5) is 0. The van der Waals surface area contributed by atoms with E-state index in [4.69, 9.17) is 0 Å². The number of benzene rings is 1. The van der Waals surface area contributed by atoms with E-state index in [1.54, 1.807) is 0 Å². The van der Waals surface area contributed by atoms with Gasteiger partial charge >= 0.3 is 0 Å². The van der Waals surface area contributed by atoms with Gasteiger partial charge in [-0.3, -0.25) is 0 Å². The maximum atomic E-state index is 10.3.